The standard InChI is InChI=1S/C21H18Cl2N4O4S/c1-9(2)5-15(21(29)30)26-20-11(8-24)17(25)19(32-20)18(28)16-7-14(27-31-16)10-3-4-12(22)13(23)6-10/h3-4,6-7,9,15,26H,5,25H2,1-2H3,(H,29,30). The molecule has 0 radical (unpaired) electrons. The van der Waals surface area contributed by atoms with Crippen molar-refractivity contribution in [2.45, 2.75) is 26.3 Å². The second-order valence-corrected chi connectivity index (χ2v) is 9.19. The minimum atomic E-state index is -1.07. The van der Waals surface area contributed by atoms with E-state index in [1.54, 1.807) is 18.2 Å². The molecule has 0 saturated heterocycles. The average molecular weight is 493 g/mol. The van der Waals surface area contributed by atoms with Gasteiger partial charge in [0.1, 0.15) is 33.2 Å². The van der Waals surface area contributed by atoms with E-state index in [0.29, 0.717) is 27.7 Å². The van der Waals surface area contributed by atoms with E-state index in [4.69, 9.17) is 33.5 Å². The van der Waals surface area contributed by atoms with Crippen LogP contribution >= 0.6 is 34.5 Å². The fourth-order valence-electron chi connectivity index (χ4n) is 2.96. The van der Waals surface area contributed by atoms with Crippen molar-refractivity contribution in [2.24, 2.45) is 5.92 Å². The molecule has 0 aliphatic rings. The van der Waals surface area contributed by atoms with Crippen LogP contribution in [0.15, 0.2) is 28.8 Å². The van der Waals surface area contributed by atoms with Gasteiger partial charge in [-0.3, -0.25) is 4.79 Å². The van der Waals surface area contributed by atoms with Gasteiger partial charge in [-0.15, -0.1) is 11.3 Å². The molecule has 1 aromatic carbocycles. The number of aliphatic carboxylic acids is 1. The quantitative estimate of drug-likeness (QED) is 0.359. The maximum Gasteiger partial charge on any atom is 0.326 e. The molecule has 166 valence electrons. The summed E-state index contributed by atoms with van der Waals surface area (Å²) in [6.45, 7) is 3.77. The summed E-state index contributed by atoms with van der Waals surface area (Å²) in [7, 11) is 0. The largest absolute Gasteiger partial charge is 0.480 e. The number of benzene rings is 1. The summed E-state index contributed by atoms with van der Waals surface area (Å²) < 4.78 is 5.19. The molecule has 0 fully saturated rings. The number of nitrogens with one attached hydrogen (secondary N) is 1. The van der Waals surface area contributed by atoms with Crippen molar-refractivity contribution in [1.29, 1.82) is 5.26 Å². The molecule has 0 amide bonds. The lowest BCUT2D eigenvalue weighted by atomic mass is 10.0. The first-order valence-corrected chi connectivity index (χ1v) is 11.0. The topological polar surface area (TPSA) is 142 Å². The van der Waals surface area contributed by atoms with Gasteiger partial charge in [-0.1, -0.05) is 48.3 Å². The number of hydrogen-bond donors (Lipinski definition) is 3. The van der Waals surface area contributed by atoms with Gasteiger partial charge in [0, 0.05) is 11.6 Å². The molecule has 0 aliphatic carbocycles. The lowest BCUT2D eigenvalue weighted by Crippen LogP contribution is -2.30. The SMILES string of the molecule is CC(C)CC(Nc1sc(C(=O)c2cc(-c3ccc(Cl)c(Cl)c3)no2)c(N)c1C#N)C(=O)O. The Labute approximate surface area is 197 Å². The molecule has 11 heteroatoms. The zero-order valence-electron chi connectivity index (χ0n) is 17.0. The van der Waals surface area contributed by atoms with Crippen LogP contribution in [0.4, 0.5) is 10.7 Å². The first-order chi connectivity index (χ1) is 15.1. The Morgan fingerprint density at radius 1 is 1.31 bits per heavy atom. The third-order valence-electron chi connectivity index (χ3n) is 4.52. The summed E-state index contributed by atoms with van der Waals surface area (Å²) in [4.78, 5) is 24.6. The number of nitrogens with two attached hydrogens (primary N) is 1. The number of nitrogens with zero attached hydrogens (tertiary/aromatic N) is 2. The molecule has 3 rings (SSSR count). The van der Waals surface area contributed by atoms with Crippen LogP contribution in [0.1, 0.15) is 41.3 Å². The lowest BCUT2D eigenvalue weighted by molar-refractivity contribution is -0.138. The zero-order valence-corrected chi connectivity index (χ0v) is 19.3. The highest BCUT2D eigenvalue weighted by Crippen LogP contribution is 2.38. The van der Waals surface area contributed by atoms with Gasteiger partial charge in [-0.2, -0.15) is 5.26 Å². The Hall–Kier alpha value is -3.06. The zero-order chi connectivity index (χ0) is 23.6. The molecule has 0 aliphatic heterocycles. The monoisotopic (exact) mass is 492 g/mol. The van der Waals surface area contributed by atoms with E-state index in [-0.39, 0.29) is 32.8 Å². The van der Waals surface area contributed by atoms with Crippen molar-refractivity contribution >= 4 is 57.0 Å². The van der Waals surface area contributed by atoms with Crippen molar-refractivity contribution in [2.75, 3.05) is 11.1 Å². The number of hydrogen-bond acceptors (Lipinski definition) is 8. The summed E-state index contributed by atoms with van der Waals surface area (Å²) in [5.41, 5.74) is 6.97. The van der Waals surface area contributed by atoms with Crippen LogP contribution in [0.3, 0.4) is 0 Å². The number of aromatic nitrogens is 1. The molecule has 1 unspecified atom stereocenters. The van der Waals surface area contributed by atoms with E-state index in [1.165, 1.54) is 6.07 Å². The van der Waals surface area contributed by atoms with Gasteiger partial charge >= 0.3 is 5.97 Å². The maximum atomic E-state index is 13.0. The van der Waals surface area contributed by atoms with E-state index in [1.807, 2.05) is 19.9 Å². The number of nitrogen functional groups attached to an aromatic ring is 1. The number of rotatable bonds is 8. The molecule has 32 heavy (non-hydrogen) atoms. The summed E-state index contributed by atoms with van der Waals surface area (Å²) in [6.07, 6.45) is 0.330. The molecule has 2 heterocycles. The first-order valence-electron chi connectivity index (χ1n) is 9.40. The van der Waals surface area contributed by atoms with Crippen molar-refractivity contribution in [3.05, 3.63) is 50.5 Å². The fourth-order valence-corrected chi connectivity index (χ4v) is 4.33. The maximum absolute atomic E-state index is 13.0. The number of halogens is 2. The van der Waals surface area contributed by atoms with E-state index < -0.39 is 17.8 Å². The van der Waals surface area contributed by atoms with Gasteiger partial charge in [0.2, 0.25) is 11.5 Å². The molecule has 4 N–H and O–H groups in total. The second kappa shape index (κ2) is 9.61. The molecule has 1 atom stereocenters. The van der Waals surface area contributed by atoms with Crippen LogP contribution < -0.4 is 11.1 Å². The second-order valence-electron chi connectivity index (χ2n) is 7.36. The third kappa shape index (κ3) is 4.88. The van der Waals surface area contributed by atoms with E-state index >= 15 is 0 Å². The molecule has 3 aromatic rings. The Kier molecular flexibility index (Phi) is 7.09. The van der Waals surface area contributed by atoms with Crippen LogP contribution in [-0.4, -0.2) is 28.1 Å². The highest BCUT2D eigenvalue weighted by atomic mass is 35.5. The highest BCUT2D eigenvalue weighted by molar-refractivity contribution is 7.19. The molecule has 2 aromatic heterocycles. The van der Waals surface area contributed by atoms with Crippen LogP contribution in [0, 0.1) is 17.2 Å². The Bertz CT molecular complexity index is 1230. The number of carbonyl (C=O) groups excluding carboxylic acids is 1. The predicted molar refractivity (Wildman–Crippen MR) is 123 cm³/mol. The number of carbonyl (C=O) groups is 2. The Morgan fingerprint density at radius 3 is 2.62 bits per heavy atom. The van der Waals surface area contributed by atoms with Crippen molar-refractivity contribution in [3.8, 4) is 17.3 Å². The molecule has 0 saturated carbocycles. The minimum Gasteiger partial charge on any atom is -0.480 e. The number of anilines is 2. The average Bonchev–Trinajstić information content (AvgIpc) is 3.33. The minimum absolute atomic E-state index is 0.0116. The van der Waals surface area contributed by atoms with Crippen molar-refractivity contribution in [1.82, 2.24) is 5.16 Å². The lowest BCUT2D eigenvalue weighted by Gasteiger charge is -2.16. The molecule has 0 bridgehead atoms. The summed E-state index contributed by atoms with van der Waals surface area (Å²) >= 11 is 12.9. The van der Waals surface area contributed by atoms with E-state index in [0.717, 1.165) is 11.3 Å². The molecule has 8 nitrogen and oxygen atoms in total. The number of carboxylic acids is 1. The molecular formula is C21H18Cl2N4O4S. The third-order valence-corrected chi connectivity index (χ3v) is 6.40. The molecular weight excluding hydrogens is 475 g/mol. The van der Waals surface area contributed by atoms with Gasteiger partial charge in [0.25, 0.3) is 0 Å². The van der Waals surface area contributed by atoms with E-state index in [2.05, 4.69) is 10.5 Å². The van der Waals surface area contributed by atoms with Gasteiger partial charge in [-0.25, -0.2) is 4.79 Å². The van der Waals surface area contributed by atoms with Crippen LogP contribution in [0.25, 0.3) is 11.3 Å². The highest BCUT2D eigenvalue weighted by Gasteiger charge is 2.28. The van der Waals surface area contributed by atoms with Crippen LogP contribution in [0.5, 0.6) is 0 Å². The summed E-state index contributed by atoms with van der Waals surface area (Å²) in [6, 6.07) is 7.29. The van der Waals surface area contributed by atoms with Gasteiger partial charge in [0.05, 0.1) is 15.7 Å². The Morgan fingerprint density at radius 2 is 2.03 bits per heavy atom. The summed E-state index contributed by atoms with van der Waals surface area (Å²) in [5, 5.41) is 26.6. The predicted octanol–water partition coefficient (Wildman–Crippen LogP) is 5.31. The van der Waals surface area contributed by atoms with E-state index in [9.17, 15) is 20.0 Å². The number of thiophene rings is 1. The fraction of sp³-hybridized carbons (Fsp3) is 0.238. The number of ketones is 1. The first kappa shape index (κ1) is 23.6. The smallest absolute Gasteiger partial charge is 0.326 e. The van der Waals surface area contributed by atoms with Crippen LogP contribution in [-0.2, 0) is 4.79 Å². The summed E-state index contributed by atoms with van der Waals surface area (Å²) in [5.74, 6) is -1.64. The van der Waals surface area contributed by atoms with Gasteiger partial charge in [0.15, 0.2) is 0 Å². The Balaban J connectivity index is 1.92. The molecule has 0 spiro atoms. The number of nitriles is 1. The normalized spacial score (nSPS) is 11.9. The van der Waals surface area contributed by atoms with Crippen LogP contribution in [0.2, 0.25) is 10.0 Å². The van der Waals surface area contributed by atoms with Crippen molar-refractivity contribution in [3.63, 3.8) is 0 Å². The van der Waals surface area contributed by atoms with Gasteiger partial charge in [-0.05, 0) is 24.5 Å². The number of carboxylic acid groups (broad SMARTS) is 1. The van der Waals surface area contributed by atoms with Crippen molar-refractivity contribution < 1.29 is 19.2 Å². The van der Waals surface area contributed by atoms with Gasteiger partial charge < -0.3 is 20.7 Å².